The van der Waals surface area contributed by atoms with Gasteiger partial charge in [0.2, 0.25) is 0 Å². The summed E-state index contributed by atoms with van der Waals surface area (Å²) >= 11 is 0. The van der Waals surface area contributed by atoms with Gasteiger partial charge in [-0.25, -0.2) is 0 Å². The van der Waals surface area contributed by atoms with Crippen molar-refractivity contribution in [2.24, 2.45) is 58.7 Å². The Balaban J connectivity index is 1.13. The summed E-state index contributed by atoms with van der Waals surface area (Å²) in [7, 11) is 0. The van der Waals surface area contributed by atoms with E-state index in [1.54, 1.807) is 5.57 Å². The minimum Gasteiger partial charge on any atom is -0.479 e. The van der Waals surface area contributed by atoms with Gasteiger partial charge in [0.05, 0.1) is 18.9 Å². The number of ether oxygens (including phenoxy) is 1. The largest absolute Gasteiger partial charge is 0.479 e. The molecule has 1 heterocycles. The molecule has 8 rings (SSSR count). The molecule has 47 heavy (non-hydrogen) atoms. The van der Waals surface area contributed by atoms with Crippen molar-refractivity contribution in [1.29, 1.82) is 0 Å². The summed E-state index contributed by atoms with van der Waals surface area (Å²) in [5.74, 6) is 6.09. The Hall–Kier alpha value is -2.30. The highest BCUT2D eigenvalue weighted by Gasteiger charge is 2.67. The number of aliphatic hydroxyl groups is 1. The molecule has 4 nitrogen and oxygen atoms in total. The molecule has 1 spiro atoms. The topological polar surface area (TPSA) is 53.5 Å². The molecule has 0 bridgehead atoms. The van der Waals surface area contributed by atoms with E-state index >= 15 is 0 Å². The molecule has 0 aromatic carbocycles. The summed E-state index contributed by atoms with van der Waals surface area (Å²) in [5, 5.41) is 18.9. The molecule has 1 fully saturated rings. The van der Waals surface area contributed by atoms with Crippen molar-refractivity contribution in [3.05, 3.63) is 83.9 Å². The fourth-order valence-electron chi connectivity index (χ4n) is 12.1. The van der Waals surface area contributed by atoms with Crippen LogP contribution in [0.5, 0.6) is 0 Å². The molecule has 0 aromatic rings. The fraction of sp³-hybridized carbons (Fsp3) is 0.674. The Bertz CT molecular complexity index is 1370. The third kappa shape index (κ3) is 5.49. The molecule has 254 valence electrons. The standard InChI is InChI=1S/C43H60N2O2/c1-3-5-14-28(4-2)27-47-41-26-39(44-42(45-41)34-18-9-13-22-40(34)46)29-23-24-33-32-17-8-12-21-37(32)43(38(33)25-29)35-19-10-6-15-30(35)31-16-7-11-20-36(31)43/h6-9,15-18,23-24,26,28-30,32-35,37-40,42,44-46H,3-5,10-14,19-22,25,27H2,1-2H3. The second-order valence-corrected chi connectivity index (χ2v) is 16.3. The van der Waals surface area contributed by atoms with Crippen molar-refractivity contribution in [1.82, 2.24) is 10.6 Å². The van der Waals surface area contributed by atoms with Crippen LogP contribution in [0.3, 0.4) is 0 Å². The van der Waals surface area contributed by atoms with E-state index in [1.165, 1.54) is 64.2 Å². The highest BCUT2D eigenvalue weighted by molar-refractivity contribution is 5.49. The van der Waals surface area contributed by atoms with Crippen LogP contribution in [0.1, 0.15) is 97.3 Å². The highest BCUT2D eigenvalue weighted by Crippen LogP contribution is 2.74. The van der Waals surface area contributed by atoms with Crippen LogP contribution in [0, 0.1) is 58.7 Å². The number of hydrogen-bond acceptors (Lipinski definition) is 4. The first-order valence-corrected chi connectivity index (χ1v) is 19.8. The molecule has 8 aliphatic rings. The maximum Gasteiger partial charge on any atom is 0.185 e. The van der Waals surface area contributed by atoms with Gasteiger partial charge in [-0.3, -0.25) is 5.32 Å². The van der Waals surface area contributed by atoms with Gasteiger partial charge >= 0.3 is 0 Å². The number of rotatable bonds is 9. The van der Waals surface area contributed by atoms with Gasteiger partial charge in [0, 0.05) is 23.3 Å². The maximum atomic E-state index is 11.1. The van der Waals surface area contributed by atoms with Crippen LogP contribution in [-0.2, 0) is 4.74 Å². The van der Waals surface area contributed by atoms with E-state index in [1.807, 2.05) is 5.57 Å². The molecule has 13 unspecified atom stereocenters. The van der Waals surface area contributed by atoms with Crippen LogP contribution in [-0.4, -0.2) is 30.0 Å². The van der Waals surface area contributed by atoms with E-state index in [4.69, 9.17) is 4.74 Å². The van der Waals surface area contributed by atoms with Crippen LogP contribution in [0.4, 0.5) is 0 Å². The van der Waals surface area contributed by atoms with E-state index in [2.05, 4.69) is 91.3 Å². The zero-order valence-corrected chi connectivity index (χ0v) is 29.0. The molecule has 4 heteroatoms. The second kappa shape index (κ2) is 13.5. The monoisotopic (exact) mass is 636 g/mol. The van der Waals surface area contributed by atoms with Crippen LogP contribution < -0.4 is 10.6 Å². The quantitative estimate of drug-likeness (QED) is 0.221. The summed E-state index contributed by atoms with van der Waals surface area (Å²) in [4.78, 5) is 0. The molecule has 0 amide bonds. The molecule has 0 radical (unpaired) electrons. The highest BCUT2D eigenvalue weighted by atomic mass is 16.5. The van der Waals surface area contributed by atoms with E-state index in [0.717, 1.165) is 43.6 Å². The van der Waals surface area contributed by atoms with Crippen molar-refractivity contribution < 1.29 is 9.84 Å². The minimum absolute atomic E-state index is 0.0337. The van der Waals surface area contributed by atoms with Gasteiger partial charge in [0.1, 0.15) is 0 Å². The van der Waals surface area contributed by atoms with E-state index in [9.17, 15) is 5.11 Å². The van der Waals surface area contributed by atoms with Gasteiger partial charge < -0.3 is 15.2 Å². The predicted molar refractivity (Wildman–Crippen MR) is 192 cm³/mol. The Morgan fingerprint density at radius 3 is 2.49 bits per heavy atom. The average Bonchev–Trinajstić information content (AvgIpc) is 3.59. The van der Waals surface area contributed by atoms with Gasteiger partial charge in [0.25, 0.3) is 0 Å². The van der Waals surface area contributed by atoms with Gasteiger partial charge in [-0.05, 0) is 117 Å². The summed E-state index contributed by atoms with van der Waals surface area (Å²) < 4.78 is 6.66. The van der Waals surface area contributed by atoms with Gasteiger partial charge in [-0.15, -0.1) is 0 Å². The van der Waals surface area contributed by atoms with Crippen LogP contribution in [0.15, 0.2) is 83.9 Å². The minimum atomic E-state index is -0.336. The molecule has 1 saturated carbocycles. The SMILES string of the molecule is CCCCC(CC)COC1=CC(C2C=CC3C4C=CCCC4C4(C5=C(C=CCC5)C5C=CCCC54)C3C2)NC(C2C=CCCC2O)N1. The Morgan fingerprint density at radius 1 is 0.872 bits per heavy atom. The Labute approximate surface area is 284 Å². The third-order valence-electron chi connectivity index (χ3n) is 14.1. The molecule has 13 atom stereocenters. The lowest BCUT2D eigenvalue weighted by Gasteiger charge is -2.50. The molecule has 1 aliphatic heterocycles. The Morgan fingerprint density at radius 2 is 1.66 bits per heavy atom. The van der Waals surface area contributed by atoms with Crippen LogP contribution in [0.25, 0.3) is 0 Å². The smallest absolute Gasteiger partial charge is 0.185 e. The number of fused-ring (bicyclic) bond motifs is 9. The van der Waals surface area contributed by atoms with E-state index in [-0.39, 0.29) is 24.2 Å². The number of allylic oxidation sites excluding steroid dienone is 10. The fourth-order valence-corrected chi connectivity index (χ4v) is 12.1. The zero-order chi connectivity index (χ0) is 32.0. The molecular formula is C43H60N2O2. The molecule has 0 aromatic heterocycles. The first-order chi connectivity index (χ1) is 23.1. The summed E-state index contributed by atoms with van der Waals surface area (Å²) in [6, 6.07) is 0.185. The van der Waals surface area contributed by atoms with Gasteiger partial charge in [-0.1, -0.05) is 99.4 Å². The Kier molecular flexibility index (Phi) is 9.20. The lowest BCUT2D eigenvalue weighted by Crippen LogP contribution is -2.59. The van der Waals surface area contributed by atoms with Gasteiger partial charge in [0.15, 0.2) is 5.88 Å². The van der Waals surface area contributed by atoms with Crippen molar-refractivity contribution in [3.63, 3.8) is 0 Å². The van der Waals surface area contributed by atoms with Crippen molar-refractivity contribution >= 4 is 0 Å². The first-order valence-electron chi connectivity index (χ1n) is 19.8. The summed E-state index contributed by atoms with van der Waals surface area (Å²) in [5.41, 5.74) is 3.90. The first kappa shape index (κ1) is 31.9. The third-order valence-corrected chi connectivity index (χ3v) is 14.1. The van der Waals surface area contributed by atoms with Crippen LogP contribution >= 0.6 is 0 Å². The normalized spacial score (nSPS) is 43.6. The summed E-state index contributed by atoms with van der Waals surface area (Å²) in [6.45, 7) is 5.35. The van der Waals surface area contributed by atoms with E-state index in [0.29, 0.717) is 40.9 Å². The molecule has 3 N–H and O–H groups in total. The molecular weight excluding hydrogens is 576 g/mol. The van der Waals surface area contributed by atoms with Crippen molar-refractivity contribution in [2.45, 2.75) is 116 Å². The van der Waals surface area contributed by atoms with E-state index < -0.39 is 0 Å². The lowest BCUT2D eigenvalue weighted by molar-refractivity contribution is 0.0440. The number of aliphatic hydroxyl groups excluding tert-OH is 1. The molecule has 0 saturated heterocycles. The maximum absolute atomic E-state index is 11.1. The predicted octanol–water partition coefficient (Wildman–Crippen LogP) is 8.91. The number of hydrogen-bond donors (Lipinski definition) is 3. The second-order valence-electron chi connectivity index (χ2n) is 16.3. The number of unbranched alkanes of at least 4 members (excludes halogenated alkanes) is 1. The van der Waals surface area contributed by atoms with Gasteiger partial charge in [-0.2, -0.15) is 0 Å². The number of nitrogens with one attached hydrogen (secondary N) is 2. The van der Waals surface area contributed by atoms with Crippen LogP contribution in [0.2, 0.25) is 0 Å². The summed E-state index contributed by atoms with van der Waals surface area (Å²) in [6.07, 6.45) is 42.7. The average molecular weight is 637 g/mol. The van der Waals surface area contributed by atoms with Crippen molar-refractivity contribution in [2.75, 3.05) is 6.61 Å². The van der Waals surface area contributed by atoms with Crippen molar-refractivity contribution in [3.8, 4) is 0 Å². The molecule has 7 aliphatic carbocycles. The zero-order valence-electron chi connectivity index (χ0n) is 29.0. The lowest BCUT2D eigenvalue weighted by atomic mass is 9.54.